The molecule has 0 aliphatic rings. The van der Waals surface area contributed by atoms with Gasteiger partial charge in [0.05, 0.1) is 18.5 Å². The predicted octanol–water partition coefficient (Wildman–Crippen LogP) is 1.74. The molecular weight excluding hydrogens is 266 g/mol. The van der Waals surface area contributed by atoms with Crippen molar-refractivity contribution in [1.29, 1.82) is 0 Å². The standard InChI is InChI=1S/C11H13N5O2S/c1-3-18-10(17)8-4-7(12)5-13-9(8)15-11-14-6(2)16-19-11/h4-5H,3,12H2,1-2H3,(H,13,14,15,16). The van der Waals surface area contributed by atoms with Crippen LogP contribution in [-0.2, 0) is 4.74 Å². The van der Waals surface area contributed by atoms with Crippen LogP contribution in [0.5, 0.6) is 0 Å². The Hall–Kier alpha value is -2.22. The van der Waals surface area contributed by atoms with Crippen molar-refractivity contribution in [3.05, 3.63) is 23.7 Å². The number of aromatic nitrogens is 3. The van der Waals surface area contributed by atoms with E-state index in [4.69, 9.17) is 10.5 Å². The van der Waals surface area contributed by atoms with E-state index in [2.05, 4.69) is 19.7 Å². The summed E-state index contributed by atoms with van der Waals surface area (Å²) in [5.41, 5.74) is 6.30. The molecule has 0 fully saturated rings. The van der Waals surface area contributed by atoms with Gasteiger partial charge in [0.25, 0.3) is 0 Å². The molecule has 3 N–H and O–H groups in total. The fourth-order valence-electron chi connectivity index (χ4n) is 1.39. The Bertz CT molecular complexity index is 599. The molecule has 0 unspecified atom stereocenters. The van der Waals surface area contributed by atoms with E-state index in [1.807, 2.05) is 0 Å². The van der Waals surface area contributed by atoms with Crippen molar-refractivity contribution in [1.82, 2.24) is 14.3 Å². The minimum atomic E-state index is -0.481. The summed E-state index contributed by atoms with van der Waals surface area (Å²) in [6.45, 7) is 3.80. The third-order valence-electron chi connectivity index (χ3n) is 2.16. The third kappa shape index (κ3) is 3.16. The molecule has 0 spiro atoms. The highest BCUT2D eigenvalue weighted by Crippen LogP contribution is 2.22. The number of hydrogen-bond acceptors (Lipinski definition) is 8. The first-order valence-corrected chi connectivity index (χ1v) is 6.37. The Morgan fingerprint density at radius 1 is 1.58 bits per heavy atom. The number of esters is 1. The molecule has 0 saturated carbocycles. The molecular formula is C11H13N5O2S. The maximum atomic E-state index is 11.8. The zero-order valence-corrected chi connectivity index (χ0v) is 11.3. The van der Waals surface area contributed by atoms with Crippen LogP contribution in [0.3, 0.4) is 0 Å². The average Bonchev–Trinajstić information content (AvgIpc) is 2.77. The minimum Gasteiger partial charge on any atom is -0.462 e. The summed E-state index contributed by atoms with van der Waals surface area (Å²) in [7, 11) is 0. The second kappa shape index (κ2) is 5.61. The summed E-state index contributed by atoms with van der Waals surface area (Å²) in [5, 5.41) is 3.49. The molecule has 2 heterocycles. The molecule has 0 saturated heterocycles. The summed E-state index contributed by atoms with van der Waals surface area (Å²) < 4.78 is 9.00. The molecule has 0 aromatic carbocycles. The average molecular weight is 279 g/mol. The molecule has 2 aromatic rings. The second-order valence-electron chi connectivity index (χ2n) is 3.66. The van der Waals surface area contributed by atoms with Gasteiger partial charge >= 0.3 is 5.97 Å². The number of carbonyl (C=O) groups is 1. The number of nitrogens with two attached hydrogens (primary N) is 1. The first-order valence-electron chi connectivity index (χ1n) is 5.60. The fourth-order valence-corrected chi connectivity index (χ4v) is 1.97. The number of ether oxygens (including phenoxy) is 1. The van der Waals surface area contributed by atoms with E-state index in [0.29, 0.717) is 22.5 Å². The van der Waals surface area contributed by atoms with Crippen LogP contribution in [0.2, 0.25) is 0 Å². The zero-order chi connectivity index (χ0) is 13.8. The lowest BCUT2D eigenvalue weighted by molar-refractivity contribution is 0.0527. The van der Waals surface area contributed by atoms with Gasteiger partial charge in [-0.3, -0.25) is 0 Å². The van der Waals surface area contributed by atoms with E-state index in [1.54, 1.807) is 13.8 Å². The van der Waals surface area contributed by atoms with E-state index in [0.717, 1.165) is 0 Å². The molecule has 0 amide bonds. The summed E-state index contributed by atoms with van der Waals surface area (Å²) in [6.07, 6.45) is 1.46. The van der Waals surface area contributed by atoms with E-state index < -0.39 is 5.97 Å². The van der Waals surface area contributed by atoms with Gasteiger partial charge in [-0.2, -0.15) is 4.37 Å². The maximum absolute atomic E-state index is 11.8. The summed E-state index contributed by atoms with van der Waals surface area (Å²) >= 11 is 1.19. The number of anilines is 3. The van der Waals surface area contributed by atoms with Crippen LogP contribution in [0.15, 0.2) is 12.3 Å². The van der Waals surface area contributed by atoms with Crippen LogP contribution in [-0.4, -0.2) is 26.9 Å². The monoisotopic (exact) mass is 279 g/mol. The Morgan fingerprint density at radius 2 is 2.37 bits per heavy atom. The van der Waals surface area contributed by atoms with Gasteiger partial charge in [0.1, 0.15) is 17.2 Å². The maximum Gasteiger partial charge on any atom is 0.341 e. The number of carbonyl (C=O) groups excluding carboxylic acids is 1. The highest BCUT2D eigenvalue weighted by Gasteiger charge is 2.15. The molecule has 0 bridgehead atoms. The molecule has 0 atom stereocenters. The molecule has 8 heteroatoms. The van der Waals surface area contributed by atoms with Crippen LogP contribution in [0.25, 0.3) is 0 Å². The van der Waals surface area contributed by atoms with Crippen molar-refractivity contribution in [3.63, 3.8) is 0 Å². The molecule has 100 valence electrons. The Balaban J connectivity index is 2.31. The van der Waals surface area contributed by atoms with Gasteiger partial charge in [0.2, 0.25) is 5.13 Å². The highest BCUT2D eigenvalue weighted by atomic mass is 32.1. The van der Waals surface area contributed by atoms with Crippen LogP contribution in [0, 0.1) is 6.92 Å². The molecule has 2 rings (SSSR count). The minimum absolute atomic E-state index is 0.273. The highest BCUT2D eigenvalue weighted by molar-refractivity contribution is 7.09. The largest absolute Gasteiger partial charge is 0.462 e. The zero-order valence-electron chi connectivity index (χ0n) is 10.5. The van der Waals surface area contributed by atoms with Crippen molar-refractivity contribution in [3.8, 4) is 0 Å². The van der Waals surface area contributed by atoms with Crippen LogP contribution >= 0.6 is 11.5 Å². The van der Waals surface area contributed by atoms with Gasteiger partial charge in [0.15, 0.2) is 0 Å². The lowest BCUT2D eigenvalue weighted by atomic mass is 10.2. The molecule has 0 aliphatic heterocycles. The van der Waals surface area contributed by atoms with E-state index in [-0.39, 0.29) is 12.2 Å². The number of hydrogen-bond donors (Lipinski definition) is 2. The van der Waals surface area contributed by atoms with Gasteiger partial charge in [-0.1, -0.05) is 0 Å². The fraction of sp³-hybridized carbons (Fsp3) is 0.273. The number of pyridine rings is 1. The van der Waals surface area contributed by atoms with Crippen molar-refractivity contribution in [2.45, 2.75) is 13.8 Å². The Kier molecular flexibility index (Phi) is 3.91. The number of aryl methyl sites for hydroxylation is 1. The number of nitrogens with zero attached hydrogens (tertiary/aromatic N) is 3. The Labute approximate surface area is 114 Å². The summed E-state index contributed by atoms with van der Waals surface area (Å²) in [5.74, 6) is 0.524. The number of nitrogen functional groups attached to an aromatic ring is 1. The van der Waals surface area contributed by atoms with Crippen LogP contribution in [0.4, 0.5) is 16.6 Å². The lowest BCUT2D eigenvalue weighted by Crippen LogP contribution is -2.10. The van der Waals surface area contributed by atoms with Gasteiger partial charge in [-0.05, 0) is 19.9 Å². The summed E-state index contributed by atoms with van der Waals surface area (Å²) in [4.78, 5) is 20.1. The van der Waals surface area contributed by atoms with Gasteiger partial charge in [-0.15, -0.1) is 0 Å². The van der Waals surface area contributed by atoms with Gasteiger partial charge < -0.3 is 15.8 Å². The third-order valence-corrected chi connectivity index (χ3v) is 2.88. The molecule has 2 aromatic heterocycles. The van der Waals surface area contributed by atoms with Crippen molar-refractivity contribution in [2.24, 2.45) is 0 Å². The Morgan fingerprint density at radius 3 is 3.00 bits per heavy atom. The topological polar surface area (TPSA) is 103 Å². The molecule has 0 aliphatic carbocycles. The van der Waals surface area contributed by atoms with Gasteiger partial charge in [0, 0.05) is 11.5 Å². The van der Waals surface area contributed by atoms with Crippen LogP contribution in [0.1, 0.15) is 23.1 Å². The predicted molar refractivity (Wildman–Crippen MR) is 72.5 cm³/mol. The van der Waals surface area contributed by atoms with Gasteiger partial charge in [-0.25, -0.2) is 14.8 Å². The second-order valence-corrected chi connectivity index (χ2v) is 4.41. The SMILES string of the molecule is CCOC(=O)c1cc(N)cnc1Nc1nc(C)ns1. The first kappa shape index (κ1) is 13.2. The van der Waals surface area contributed by atoms with Crippen molar-refractivity contribution >= 4 is 34.1 Å². The molecule has 19 heavy (non-hydrogen) atoms. The quantitative estimate of drug-likeness (QED) is 0.821. The van der Waals surface area contributed by atoms with Crippen LogP contribution < -0.4 is 11.1 Å². The van der Waals surface area contributed by atoms with E-state index >= 15 is 0 Å². The first-order chi connectivity index (χ1) is 9.10. The van der Waals surface area contributed by atoms with E-state index in [1.165, 1.54) is 23.8 Å². The molecule has 0 radical (unpaired) electrons. The summed E-state index contributed by atoms with van der Waals surface area (Å²) in [6, 6.07) is 1.52. The lowest BCUT2D eigenvalue weighted by Gasteiger charge is -2.08. The van der Waals surface area contributed by atoms with E-state index in [9.17, 15) is 4.79 Å². The number of nitrogens with one attached hydrogen (secondary N) is 1. The normalized spacial score (nSPS) is 10.2. The number of rotatable bonds is 4. The smallest absolute Gasteiger partial charge is 0.341 e. The molecule has 7 nitrogen and oxygen atoms in total. The van der Waals surface area contributed by atoms with Crippen molar-refractivity contribution < 1.29 is 9.53 Å². The van der Waals surface area contributed by atoms with Crippen molar-refractivity contribution in [2.75, 3.05) is 17.7 Å².